The third kappa shape index (κ3) is 3.94. The molecule has 0 atom stereocenters. The summed E-state index contributed by atoms with van der Waals surface area (Å²) in [6.07, 6.45) is 0. The van der Waals surface area contributed by atoms with E-state index in [2.05, 4.69) is 0 Å². The van der Waals surface area contributed by atoms with Gasteiger partial charge in [0.15, 0.2) is 0 Å². The molecule has 0 unspecified atom stereocenters. The summed E-state index contributed by atoms with van der Waals surface area (Å²) in [7, 11) is -1.30. The highest BCUT2D eigenvalue weighted by atomic mass is 127. The summed E-state index contributed by atoms with van der Waals surface area (Å²) in [6.45, 7) is 0. The van der Waals surface area contributed by atoms with Crippen LogP contribution in [0.3, 0.4) is 0 Å². The number of rotatable bonds is 3. The molecule has 80 valence electrons. The zero-order valence-corrected chi connectivity index (χ0v) is 17.3. The molecule has 0 radical (unpaired) electrons. The lowest BCUT2D eigenvalue weighted by atomic mass is 30.0. The van der Waals surface area contributed by atoms with Gasteiger partial charge in [-0.05, 0) is 96.6 Å². The van der Waals surface area contributed by atoms with Gasteiger partial charge >= 0.3 is 0 Å². The smallest absolute Gasteiger partial charge is 0.0381 e. The van der Waals surface area contributed by atoms with Crippen LogP contribution in [0.4, 0.5) is 0 Å². The minimum Gasteiger partial charge on any atom is -0.0381 e. The zero-order valence-electron chi connectivity index (χ0n) is 5.32. The number of hydrogen-bond acceptors (Lipinski definition) is 8. The second-order valence-corrected chi connectivity index (χ2v) is 45.5. The molecule has 0 N–H and O–H groups in total. The molecule has 0 saturated heterocycles. The molecule has 0 bridgehead atoms. The summed E-state index contributed by atoms with van der Waals surface area (Å²) in [5.74, 6) is 0. The highest BCUT2D eigenvalue weighted by Gasteiger charge is 2.19. The van der Waals surface area contributed by atoms with E-state index in [9.17, 15) is 0 Å². The van der Waals surface area contributed by atoms with E-state index >= 15 is 0 Å². The summed E-state index contributed by atoms with van der Waals surface area (Å²) in [6, 6.07) is 0. The van der Waals surface area contributed by atoms with Crippen molar-refractivity contribution in [2.45, 2.75) is 0 Å². The third-order valence-electron chi connectivity index (χ3n) is 0.684. The maximum Gasteiger partial charge on any atom is 0.0427 e. The average Bonchev–Trinajstić information content (AvgIpc) is 1.84. The molecule has 13 heteroatoms. The Balaban J connectivity index is 6.26. The van der Waals surface area contributed by atoms with E-state index < -0.39 is 20.8 Å². The van der Waals surface area contributed by atoms with Crippen molar-refractivity contribution < 1.29 is 0 Å². The van der Waals surface area contributed by atoms with Gasteiger partial charge in [-0.25, -0.2) is 0 Å². The zero-order chi connectivity index (χ0) is 11.1. The van der Waals surface area contributed by atoms with E-state index in [4.69, 9.17) is 89.5 Å². The van der Waals surface area contributed by atoms with Crippen molar-refractivity contribution in [3.05, 3.63) is 0 Å². The molecule has 0 aliphatic heterocycles. The summed E-state index contributed by atoms with van der Waals surface area (Å²) in [4.78, 5) is 0. The van der Waals surface area contributed by atoms with Gasteiger partial charge in [-0.3, -0.25) is 0 Å². The summed E-state index contributed by atoms with van der Waals surface area (Å²) in [5.41, 5.74) is 0. The normalized spacial score (nSPS) is 14.6. The van der Waals surface area contributed by atoms with Crippen molar-refractivity contribution in [1.82, 2.24) is 0 Å². The quantitative estimate of drug-likeness (QED) is 0.249. The van der Waals surface area contributed by atoms with Crippen molar-refractivity contribution in [2.24, 2.45) is 0 Å². The maximum absolute atomic E-state index is 5.22. The molecule has 0 aromatic rings. The predicted molar refractivity (Wildman–Crippen MR) is 104 cm³/mol. The Morgan fingerprint density at radius 1 is 0.846 bits per heavy atom. The summed E-state index contributed by atoms with van der Waals surface area (Å²) in [5, 5.41) is -4.31. The Bertz CT molecular complexity index is 545. The number of thiol groups is 1. The van der Waals surface area contributed by atoms with Crippen molar-refractivity contribution in [3.63, 3.8) is 0 Å². The Labute approximate surface area is 128 Å². The second kappa shape index (κ2) is 5.69. The van der Waals surface area contributed by atoms with E-state index in [0.717, 1.165) is 0 Å². The van der Waals surface area contributed by atoms with Crippen LogP contribution < -0.4 is 0 Å². The first kappa shape index (κ1) is 16.9. The van der Waals surface area contributed by atoms with Gasteiger partial charge in [0, 0.05) is 35.0 Å². The molecule has 0 aliphatic carbocycles. The number of halogens is 1. The van der Waals surface area contributed by atoms with Gasteiger partial charge in [-0.15, -0.1) is 0 Å². The number of hydrogen-bond donors (Lipinski definition) is 1. The Morgan fingerprint density at radius 3 is 1.23 bits per heavy atom. The first-order valence-electron chi connectivity index (χ1n) is 2.04. The van der Waals surface area contributed by atoms with Crippen LogP contribution >= 0.6 is 21.2 Å². The van der Waals surface area contributed by atoms with Crippen LogP contribution in [0.15, 0.2) is 0 Å². The highest BCUT2D eigenvalue weighted by Crippen LogP contribution is 2.23. The molecule has 0 aromatic heterocycles. The standard InChI is InChI=1S/HIS12/c1-11(4,5)13(8,9)12(6,7)10(2)3/h10H. The van der Waals surface area contributed by atoms with E-state index in [1.165, 1.54) is 0 Å². The van der Waals surface area contributed by atoms with Crippen LogP contribution in [0, 0.1) is 0 Å². The molecule has 0 heterocycles. The van der Waals surface area contributed by atoms with Crippen molar-refractivity contribution >= 4 is 132 Å². The van der Waals surface area contributed by atoms with Crippen LogP contribution in [0.2, 0.25) is 0 Å². The van der Waals surface area contributed by atoms with Crippen LogP contribution in [-0.4, -0.2) is 0 Å². The monoisotopic (exact) mass is 512 g/mol. The SMILES string of the molecule is S=[SH](=S)S(=S)(=S)S(=S)(=S)S(=S)(=S)I. The molecule has 13 heavy (non-hydrogen) atoms. The largest absolute Gasteiger partial charge is 0.0427 e. The van der Waals surface area contributed by atoms with Crippen LogP contribution in [0.25, 0.3) is 0 Å². The van der Waals surface area contributed by atoms with E-state index in [0.29, 0.717) is 0 Å². The van der Waals surface area contributed by atoms with Gasteiger partial charge in [0.05, 0.1) is 0 Å². The molecule has 0 aromatic carbocycles. The van der Waals surface area contributed by atoms with Crippen molar-refractivity contribution in [1.29, 1.82) is 0 Å². The van der Waals surface area contributed by atoms with Gasteiger partial charge in [-0.1, -0.05) is 0 Å². The molecule has 0 saturated carbocycles. The minimum atomic E-state index is -2.18. The summed E-state index contributed by atoms with van der Waals surface area (Å²) >= 11 is 42.8. The third-order valence-corrected chi connectivity index (χ3v) is 63.2. The fourth-order valence-corrected chi connectivity index (χ4v) is 52.8. The lowest BCUT2D eigenvalue weighted by molar-refractivity contribution is 5.26. The van der Waals surface area contributed by atoms with Gasteiger partial charge < -0.3 is 0 Å². The predicted octanol–water partition coefficient (Wildman–Crippen LogP) is 0.589. The Hall–Kier alpha value is 3.89. The van der Waals surface area contributed by atoms with Crippen LogP contribution in [0.5, 0.6) is 0 Å². The van der Waals surface area contributed by atoms with Gasteiger partial charge in [0.1, 0.15) is 0 Å². The Morgan fingerprint density at radius 2 is 1.15 bits per heavy atom. The molecular weight excluding hydrogens is 512 g/mol. The molecule has 0 nitrogen and oxygen atoms in total. The molecule has 0 amide bonds. The maximum atomic E-state index is 5.22. The first-order valence-corrected chi connectivity index (χ1v) is 20.0. The van der Waals surface area contributed by atoms with E-state index in [1.807, 2.05) is 21.2 Å². The molecule has 0 aliphatic rings. The van der Waals surface area contributed by atoms with Gasteiger partial charge in [0.25, 0.3) is 0 Å². The van der Waals surface area contributed by atoms with Crippen LogP contribution in [-0.2, 0) is 110 Å². The lowest BCUT2D eigenvalue weighted by Crippen LogP contribution is -2.14. The molecule has 0 fully saturated rings. The fraction of sp³-hybridized carbons (Fsp3) is 0. The lowest BCUT2D eigenvalue weighted by Gasteiger charge is -2.14. The molecular formula is HIS12. The fourth-order valence-electron chi connectivity index (χ4n) is 0.177. The Kier molecular flexibility index (Phi) is 7.39. The van der Waals surface area contributed by atoms with E-state index in [1.54, 1.807) is 0 Å². The van der Waals surface area contributed by atoms with Crippen LogP contribution in [0.1, 0.15) is 0 Å². The first-order chi connectivity index (χ1) is 5.44. The average molecular weight is 513 g/mol. The van der Waals surface area contributed by atoms with Gasteiger partial charge in [0.2, 0.25) is 0 Å². The molecule has 0 spiro atoms. The summed E-state index contributed by atoms with van der Waals surface area (Å²) < 4.78 is -1.94. The highest BCUT2D eigenvalue weighted by molar-refractivity contribution is 14.2. The molecule has 0 rings (SSSR count). The van der Waals surface area contributed by atoms with Crippen molar-refractivity contribution in [2.75, 3.05) is 0 Å². The second-order valence-electron chi connectivity index (χ2n) is 1.45. The van der Waals surface area contributed by atoms with Crippen molar-refractivity contribution in [3.8, 4) is 0 Å². The minimum absolute atomic E-state index is 1.30. The van der Waals surface area contributed by atoms with Gasteiger partial charge in [-0.2, -0.15) is 0 Å². The van der Waals surface area contributed by atoms with E-state index in [-0.39, 0.29) is 0 Å². The topological polar surface area (TPSA) is 0 Å².